The molecule has 0 aliphatic carbocycles. The van der Waals surface area contributed by atoms with Crippen LogP contribution in [0.4, 0.5) is 5.00 Å². The van der Waals surface area contributed by atoms with Crippen molar-refractivity contribution in [1.29, 1.82) is 0 Å². The van der Waals surface area contributed by atoms with Gasteiger partial charge in [0.2, 0.25) is 0 Å². The van der Waals surface area contributed by atoms with E-state index in [1.54, 1.807) is 6.92 Å². The smallest absolute Gasteiger partial charge is 0.340 e. The van der Waals surface area contributed by atoms with Crippen LogP contribution in [-0.4, -0.2) is 47.0 Å². The topological polar surface area (TPSA) is 65.5 Å². The summed E-state index contributed by atoms with van der Waals surface area (Å²) in [5.74, 6) is -0.300. The number of hydrogen-bond acceptors (Lipinski definition) is 5. The Balaban J connectivity index is 1.97. The van der Waals surface area contributed by atoms with Crippen molar-refractivity contribution in [2.45, 2.75) is 13.3 Å². The van der Waals surface area contributed by atoms with Gasteiger partial charge in [-0.05, 0) is 44.4 Å². The highest BCUT2D eigenvalue weighted by Gasteiger charge is 2.21. The normalized spacial score (nSPS) is 20.7. The lowest BCUT2D eigenvalue weighted by Gasteiger charge is -2.11. The Bertz CT molecular complexity index is 419. The summed E-state index contributed by atoms with van der Waals surface area (Å²) in [6, 6.07) is 0. The van der Waals surface area contributed by atoms with Crippen LogP contribution < -0.4 is 5.32 Å². The molecule has 1 unspecified atom stereocenters. The number of rotatable bonds is 4. The first-order valence-electron chi connectivity index (χ1n) is 5.70. The lowest BCUT2D eigenvalue weighted by molar-refractivity contribution is 0.0697. The zero-order chi connectivity index (χ0) is 12.4. The Kier molecular flexibility index (Phi) is 3.63. The Hall–Kier alpha value is -1.14. The van der Waals surface area contributed by atoms with Gasteiger partial charge in [-0.3, -0.25) is 0 Å². The number of likely N-dealkylation sites (tertiary alicyclic amines) is 1. The third-order valence-corrected chi connectivity index (χ3v) is 4.01. The molecule has 1 aromatic heterocycles. The van der Waals surface area contributed by atoms with Crippen molar-refractivity contribution in [2.75, 3.05) is 32.0 Å². The van der Waals surface area contributed by atoms with Crippen molar-refractivity contribution in [1.82, 2.24) is 9.27 Å². The highest BCUT2D eigenvalue weighted by Crippen LogP contribution is 2.25. The van der Waals surface area contributed by atoms with Gasteiger partial charge in [0.05, 0.1) is 5.69 Å². The fourth-order valence-corrected chi connectivity index (χ4v) is 2.97. The number of carboxylic acid groups (broad SMARTS) is 1. The number of nitrogens with zero attached hydrogens (tertiary/aromatic N) is 2. The number of aromatic carboxylic acids is 1. The summed E-state index contributed by atoms with van der Waals surface area (Å²) in [5, 5.41) is 13.0. The molecule has 0 spiro atoms. The molecule has 2 heterocycles. The first-order valence-corrected chi connectivity index (χ1v) is 6.47. The monoisotopic (exact) mass is 255 g/mol. The molecule has 94 valence electrons. The third kappa shape index (κ3) is 2.76. The Morgan fingerprint density at radius 2 is 2.47 bits per heavy atom. The van der Waals surface area contributed by atoms with E-state index in [2.05, 4.69) is 21.6 Å². The molecule has 2 rings (SSSR count). The summed E-state index contributed by atoms with van der Waals surface area (Å²) >= 11 is 1.23. The zero-order valence-corrected chi connectivity index (χ0v) is 10.9. The Morgan fingerprint density at radius 3 is 3.06 bits per heavy atom. The lowest BCUT2D eigenvalue weighted by atomic mass is 10.1. The van der Waals surface area contributed by atoms with Crippen molar-refractivity contribution < 1.29 is 9.90 Å². The van der Waals surface area contributed by atoms with E-state index in [1.807, 2.05) is 0 Å². The van der Waals surface area contributed by atoms with Crippen LogP contribution in [0, 0.1) is 12.8 Å². The fraction of sp³-hybridized carbons (Fsp3) is 0.636. The summed E-state index contributed by atoms with van der Waals surface area (Å²) in [5.41, 5.74) is 0.912. The minimum absolute atomic E-state index is 0.321. The maximum atomic E-state index is 11.1. The number of anilines is 1. The largest absolute Gasteiger partial charge is 0.478 e. The second-order valence-electron chi connectivity index (χ2n) is 4.58. The molecule has 0 radical (unpaired) electrons. The second-order valence-corrected chi connectivity index (χ2v) is 5.35. The van der Waals surface area contributed by atoms with E-state index in [4.69, 9.17) is 5.11 Å². The molecule has 1 aliphatic heterocycles. The fourth-order valence-electron chi connectivity index (χ4n) is 2.17. The Labute approximate surface area is 105 Å². The third-order valence-electron chi connectivity index (χ3n) is 3.12. The molecule has 1 aromatic rings. The van der Waals surface area contributed by atoms with Gasteiger partial charge in [0.15, 0.2) is 0 Å². The van der Waals surface area contributed by atoms with E-state index in [0.717, 1.165) is 19.6 Å². The molecule has 1 saturated heterocycles. The van der Waals surface area contributed by atoms with E-state index in [9.17, 15) is 4.79 Å². The first kappa shape index (κ1) is 12.3. The first-order chi connectivity index (χ1) is 8.08. The quantitative estimate of drug-likeness (QED) is 0.854. The minimum atomic E-state index is -0.901. The molecule has 5 nitrogen and oxygen atoms in total. The van der Waals surface area contributed by atoms with Gasteiger partial charge in [-0.25, -0.2) is 4.79 Å². The standard InChI is InChI=1S/C11H17N3O2S/c1-7-9(11(15)16)10(17-13-7)12-5-8-3-4-14(2)6-8/h8,12H,3-6H2,1-2H3,(H,15,16). The lowest BCUT2D eigenvalue weighted by Crippen LogP contribution is -2.19. The van der Waals surface area contributed by atoms with Crippen LogP contribution in [0.5, 0.6) is 0 Å². The maximum Gasteiger partial charge on any atom is 0.340 e. The molecule has 6 heteroatoms. The number of aryl methyl sites for hydroxylation is 1. The highest BCUT2D eigenvalue weighted by molar-refractivity contribution is 7.10. The van der Waals surface area contributed by atoms with E-state index < -0.39 is 5.97 Å². The highest BCUT2D eigenvalue weighted by atomic mass is 32.1. The summed E-state index contributed by atoms with van der Waals surface area (Å²) in [4.78, 5) is 13.4. The number of nitrogens with one attached hydrogen (secondary N) is 1. The van der Waals surface area contributed by atoms with Gasteiger partial charge in [0.1, 0.15) is 10.6 Å². The van der Waals surface area contributed by atoms with Gasteiger partial charge < -0.3 is 15.3 Å². The molecular formula is C11H17N3O2S. The number of carbonyl (C=O) groups is 1. The summed E-state index contributed by atoms with van der Waals surface area (Å²) < 4.78 is 4.09. The molecule has 0 saturated carbocycles. The SMILES string of the molecule is Cc1nsc(NCC2CCN(C)C2)c1C(=O)O. The van der Waals surface area contributed by atoms with Gasteiger partial charge in [0, 0.05) is 13.1 Å². The zero-order valence-electron chi connectivity index (χ0n) is 10.1. The van der Waals surface area contributed by atoms with Gasteiger partial charge in [-0.2, -0.15) is 4.37 Å². The predicted molar refractivity (Wildman–Crippen MR) is 67.9 cm³/mol. The van der Waals surface area contributed by atoms with E-state index >= 15 is 0 Å². The maximum absolute atomic E-state index is 11.1. The molecule has 1 fully saturated rings. The summed E-state index contributed by atoms with van der Waals surface area (Å²) in [6.07, 6.45) is 1.17. The molecule has 0 bridgehead atoms. The van der Waals surface area contributed by atoms with E-state index in [-0.39, 0.29) is 0 Å². The number of aromatic nitrogens is 1. The average Bonchev–Trinajstić information content (AvgIpc) is 2.82. The van der Waals surface area contributed by atoms with Crippen molar-refractivity contribution in [2.24, 2.45) is 5.92 Å². The second kappa shape index (κ2) is 5.01. The van der Waals surface area contributed by atoms with Crippen molar-refractivity contribution in [3.8, 4) is 0 Å². The van der Waals surface area contributed by atoms with Crippen LogP contribution in [0.3, 0.4) is 0 Å². The van der Waals surface area contributed by atoms with Crippen LogP contribution in [0.15, 0.2) is 0 Å². The van der Waals surface area contributed by atoms with Crippen molar-refractivity contribution in [3.05, 3.63) is 11.3 Å². The molecule has 0 aromatic carbocycles. The van der Waals surface area contributed by atoms with Gasteiger partial charge in [0.25, 0.3) is 0 Å². The molecular weight excluding hydrogens is 238 g/mol. The Morgan fingerprint density at radius 1 is 1.71 bits per heavy atom. The van der Waals surface area contributed by atoms with Crippen LogP contribution in [-0.2, 0) is 0 Å². The van der Waals surface area contributed by atoms with Crippen LogP contribution >= 0.6 is 11.5 Å². The molecule has 17 heavy (non-hydrogen) atoms. The predicted octanol–water partition coefficient (Wildman–Crippen LogP) is 1.51. The van der Waals surface area contributed by atoms with Crippen LogP contribution in [0.1, 0.15) is 22.5 Å². The van der Waals surface area contributed by atoms with Crippen LogP contribution in [0.25, 0.3) is 0 Å². The number of carboxylic acids is 1. The number of hydrogen-bond donors (Lipinski definition) is 2. The van der Waals surface area contributed by atoms with Gasteiger partial charge in [-0.1, -0.05) is 0 Å². The minimum Gasteiger partial charge on any atom is -0.478 e. The van der Waals surface area contributed by atoms with E-state index in [1.165, 1.54) is 18.0 Å². The van der Waals surface area contributed by atoms with E-state index in [0.29, 0.717) is 22.2 Å². The van der Waals surface area contributed by atoms with Crippen LogP contribution in [0.2, 0.25) is 0 Å². The molecule has 2 N–H and O–H groups in total. The van der Waals surface area contributed by atoms with Crippen molar-refractivity contribution >= 4 is 22.5 Å². The summed E-state index contributed by atoms with van der Waals surface area (Å²) in [7, 11) is 2.11. The molecule has 1 atom stereocenters. The molecule has 1 aliphatic rings. The van der Waals surface area contributed by atoms with Crippen molar-refractivity contribution in [3.63, 3.8) is 0 Å². The van der Waals surface area contributed by atoms with Gasteiger partial charge >= 0.3 is 5.97 Å². The van der Waals surface area contributed by atoms with Gasteiger partial charge in [-0.15, -0.1) is 0 Å². The summed E-state index contributed by atoms with van der Waals surface area (Å²) in [6.45, 7) is 4.76. The average molecular weight is 255 g/mol. The molecule has 0 amide bonds.